The molecule has 2 nitrogen and oxygen atoms in total. The van der Waals surface area contributed by atoms with Crippen molar-refractivity contribution in [2.75, 3.05) is 13.2 Å². The molecule has 0 bridgehead atoms. The highest BCUT2D eigenvalue weighted by atomic mass is 16.5. The van der Waals surface area contributed by atoms with Gasteiger partial charge in [-0.05, 0) is 25.2 Å². The Morgan fingerprint density at radius 1 is 1.27 bits per heavy atom. The van der Waals surface area contributed by atoms with Crippen LogP contribution in [0.25, 0.3) is 0 Å². The molecule has 0 aromatic carbocycles. The molecule has 0 amide bonds. The van der Waals surface area contributed by atoms with Crippen LogP contribution in [0.1, 0.15) is 52.4 Å². The van der Waals surface area contributed by atoms with E-state index in [9.17, 15) is 0 Å². The third-order valence-corrected chi connectivity index (χ3v) is 4.42. The fraction of sp³-hybridized carbons (Fsp3) is 1.00. The fourth-order valence-corrected chi connectivity index (χ4v) is 3.68. The number of rotatable bonds is 2. The Hall–Kier alpha value is -0.0800. The summed E-state index contributed by atoms with van der Waals surface area (Å²) in [5.41, 5.74) is 0.181. The summed E-state index contributed by atoms with van der Waals surface area (Å²) in [6.45, 7) is 6.56. The van der Waals surface area contributed by atoms with Crippen LogP contribution in [0.2, 0.25) is 0 Å². The molecule has 3 unspecified atom stereocenters. The molecule has 2 aliphatic rings. The summed E-state index contributed by atoms with van der Waals surface area (Å²) in [7, 11) is 0. The molecule has 2 fully saturated rings. The van der Waals surface area contributed by atoms with Gasteiger partial charge in [0.2, 0.25) is 0 Å². The van der Waals surface area contributed by atoms with E-state index in [2.05, 4.69) is 19.2 Å². The van der Waals surface area contributed by atoms with Crippen LogP contribution >= 0.6 is 0 Å². The Morgan fingerprint density at radius 3 is 2.87 bits per heavy atom. The maximum absolute atomic E-state index is 6.25. The highest BCUT2D eigenvalue weighted by Crippen LogP contribution is 2.43. The van der Waals surface area contributed by atoms with Crippen LogP contribution in [0.4, 0.5) is 0 Å². The van der Waals surface area contributed by atoms with Crippen molar-refractivity contribution in [2.24, 2.45) is 5.92 Å². The maximum atomic E-state index is 6.25. The molecular weight excluding hydrogens is 186 g/mol. The SMILES string of the molecule is CCC1CCCCC12OCCNC2CC. The molecule has 0 aromatic rings. The van der Waals surface area contributed by atoms with Crippen molar-refractivity contribution in [1.82, 2.24) is 5.32 Å². The number of ether oxygens (including phenoxy) is 1. The zero-order valence-corrected chi connectivity index (χ0v) is 10.2. The van der Waals surface area contributed by atoms with E-state index >= 15 is 0 Å². The highest BCUT2D eigenvalue weighted by molar-refractivity contribution is 5.01. The molecule has 2 rings (SSSR count). The van der Waals surface area contributed by atoms with Crippen molar-refractivity contribution in [3.63, 3.8) is 0 Å². The summed E-state index contributed by atoms with van der Waals surface area (Å²) in [6, 6.07) is 0.594. The first-order valence-electron chi connectivity index (χ1n) is 6.70. The van der Waals surface area contributed by atoms with E-state index in [1.165, 1.54) is 38.5 Å². The molecule has 15 heavy (non-hydrogen) atoms. The van der Waals surface area contributed by atoms with Gasteiger partial charge in [0.15, 0.2) is 0 Å². The minimum Gasteiger partial charge on any atom is -0.372 e. The fourth-order valence-electron chi connectivity index (χ4n) is 3.68. The standard InChI is InChI=1S/C13H25NO/c1-3-11-7-5-6-8-13(11)12(4-2)14-9-10-15-13/h11-12,14H,3-10H2,1-2H3. The Balaban J connectivity index is 2.17. The lowest BCUT2D eigenvalue weighted by Gasteiger charge is -2.51. The van der Waals surface area contributed by atoms with Gasteiger partial charge < -0.3 is 10.1 Å². The summed E-state index contributed by atoms with van der Waals surface area (Å²) >= 11 is 0. The third kappa shape index (κ3) is 1.94. The van der Waals surface area contributed by atoms with Gasteiger partial charge in [-0.1, -0.05) is 33.1 Å². The molecule has 1 heterocycles. The van der Waals surface area contributed by atoms with E-state index < -0.39 is 0 Å². The van der Waals surface area contributed by atoms with Crippen LogP contribution in [0.3, 0.4) is 0 Å². The predicted octanol–water partition coefficient (Wildman–Crippen LogP) is 2.72. The lowest BCUT2D eigenvalue weighted by atomic mass is 9.68. The first-order chi connectivity index (χ1) is 7.33. The van der Waals surface area contributed by atoms with E-state index in [1.807, 2.05) is 0 Å². The topological polar surface area (TPSA) is 21.3 Å². The summed E-state index contributed by atoms with van der Waals surface area (Å²) in [4.78, 5) is 0. The van der Waals surface area contributed by atoms with Crippen LogP contribution in [0.15, 0.2) is 0 Å². The van der Waals surface area contributed by atoms with Crippen LogP contribution in [0.5, 0.6) is 0 Å². The van der Waals surface area contributed by atoms with Crippen molar-refractivity contribution < 1.29 is 4.74 Å². The Kier molecular flexibility index (Phi) is 3.68. The monoisotopic (exact) mass is 211 g/mol. The molecule has 88 valence electrons. The van der Waals surface area contributed by atoms with Crippen molar-refractivity contribution in [3.8, 4) is 0 Å². The zero-order chi connectivity index (χ0) is 10.7. The van der Waals surface area contributed by atoms with Gasteiger partial charge in [-0.15, -0.1) is 0 Å². The molecule has 1 spiro atoms. The normalized spacial score (nSPS) is 42.0. The summed E-state index contributed by atoms with van der Waals surface area (Å²) in [5, 5.41) is 3.67. The highest BCUT2D eigenvalue weighted by Gasteiger charge is 2.47. The van der Waals surface area contributed by atoms with Crippen LogP contribution in [-0.4, -0.2) is 24.8 Å². The average Bonchev–Trinajstić information content (AvgIpc) is 2.30. The van der Waals surface area contributed by atoms with E-state index in [1.54, 1.807) is 0 Å². The van der Waals surface area contributed by atoms with Crippen molar-refractivity contribution >= 4 is 0 Å². The summed E-state index contributed by atoms with van der Waals surface area (Å²) < 4.78 is 6.25. The number of hydrogen-bond donors (Lipinski definition) is 1. The van der Waals surface area contributed by atoms with Gasteiger partial charge in [0.05, 0.1) is 12.2 Å². The van der Waals surface area contributed by atoms with Crippen molar-refractivity contribution in [1.29, 1.82) is 0 Å². The second-order valence-electron chi connectivity index (χ2n) is 5.07. The van der Waals surface area contributed by atoms with Crippen molar-refractivity contribution in [3.05, 3.63) is 0 Å². The molecule has 3 atom stereocenters. The third-order valence-electron chi connectivity index (χ3n) is 4.42. The molecular formula is C13H25NO. The van der Waals surface area contributed by atoms with Crippen molar-refractivity contribution in [2.45, 2.75) is 64.0 Å². The number of morpholine rings is 1. The van der Waals surface area contributed by atoms with E-state index in [-0.39, 0.29) is 5.60 Å². The lowest BCUT2D eigenvalue weighted by Crippen LogP contribution is -2.62. The largest absolute Gasteiger partial charge is 0.372 e. The van der Waals surface area contributed by atoms with Crippen LogP contribution in [0, 0.1) is 5.92 Å². The number of nitrogens with one attached hydrogen (secondary N) is 1. The van der Waals surface area contributed by atoms with Gasteiger partial charge in [0.25, 0.3) is 0 Å². The predicted molar refractivity (Wildman–Crippen MR) is 63.0 cm³/mol. The average molecular weight is 211 g/mol. The van der Waals surface area contributed by atoms with Gasteiger partial charge in [0, 0.05) is 12.6 Å². The van der Waals surface area contributed by atoms with Gasteiger partial charge >= 0.3 is 0 Å². The molecule has 1 N–H and O–H groups in total. The molecule has 1 aliphatic heterocycles. The maximum Gasteiger partial charge on any atom is 0.0863 e. The molecule has 1 saturated heterocycles. The first-order valence-corrected chi connectivity index (χ1v) is 6.70. The molecule has 1 aliphatic carbocycles. The minimum atomic E-state index is 0.181. The zero-order valence-electron chi connectivity index (χ0n) is 10.2. The first kappa shape index (κ1) is 11.4. The Labute approximate surface area is 93.8 Å². The molecule has 2 heteroatoms. The lowest BCUT2D eigenvalue weighted by molar-refractivity contribution is -0.152. The van der Waals surface area contributed by atoms with E-state index in [0.717, 1.165) is 19.1 Å². The quantitative estimate of drug-likeness (QED) is 0.758. The smallest absolute Gasteiger partial charge is 0.0863 e. The summed E-state index contributed by atoms with van der Waals surface area (Å²) in [5.74, 6) is 0.781. The number of hydrogen-bond acceptors (Lipinski definition) is 2. The molecule has 0 aromatic heterocycles. The minimum absolute atomic E-state index is 0.181. The van der Waals surface area contributed by atoms with Gasteiger partial charge in [-0.3, -0.25) is 0 Å². The van der Waals surface area contributed by atoms with Crippen LogP contribution in [-0.2, 0) is 4.74 Å². The van der Waals surface area contributed by atoms with Gasteiger partial charge in [0.1, 0.15) is 0 Å². The Bertz CT molecular complexity index is 183. The second-order valence-corrected chi connectivity index (χ2v) is 5.07. The molecule has 1 saturated carbocycles. The molecule has 0 radical (unpaired) electrons. The van der Waals surface area contributed by atoms with Gasteiger partial charge in [-0.2, -0.15) is 0 Å². The van der Waals surface area contributed by atoms with E-state index in [4.69, 9.17) is 4.74 Å². The Morgan fingerprint density at radius 2 is 2.13 bits per heavy atom. The second kappa shape index (κ2) is 4.84. The van der Waals surface area contributed by atoms with Gasteiger partial charge in [-0.25, -0.2) is 0 Å². The van der Waals surface area contributed by atoms with E-state index in [0.29, 0.717) is 6.04 Å². The van der Waals surface area contributed by atoms with Crippen LogP contribution < -0.4 is 5.32 Å². The summed E-state index contributed by atoms with van der Waals surface area (Å²) in [6.07, 6.45) is 7.88.